The normalized spacial score (nSPS) is 15.7. The Morgan fingerprint density at radius 2 is 1.89 bits per heavy atom. The molecule has 0 bridgehead atoms. The zero-order valence-electron chi connectivity index (χ0n) is 5.20. The molecule has 1 nitrogen and oxygen atoms in total. The summed E-state index contributed by atoms with van der Waals surface area (Å²) in [6.07, 6.45) is 1.12. The summed E-state index contributed by atoms with van der Waals surface area (Å²) in [5, 5.41) is 0. The smallest absolute Gasteiger partial charge is 0.127 e. The SMILES string of the molecule is CC(CCN)C(I)(I)I. The van der Waals surface area contributed by atoms with Crippen LogP contribution in [0.25, 0.3) is 0 Å². The largest absolute Gasteiger partial charge is 0.330 e. The highest BCUT2D eigenvalue weighted by molar-refractivity contribution is 14.3. The first-order chi connectivity index (χ1) is 3.98. The van der Waals surface area contributed by atoms with E-state index >= 15 is 0 Å². The molecule has 0 heterocycles. The van der Waals surface area contributed by atoms with Gasteiger partial charge >= 0.3 is 0 Å². The monoisotopic (exact) mass is 465 g/mol. The number of nitrogens with two attached hydrogens (primary N) is 1. The van der Waals surface area contributed by atoms with Crippen LogP contribution in [-0.2, 0) is 0 Å². The quantitative estimate of drug-likeness (QED) is 0.504. The van der Waals surface area contributed by atoms with Gasteiger partial charge in [-0.25, -0.2) is 0 Å². The molecule has 0 spiro atoms. The highest BCUT2D eigenvalue weighted by atomic mass is 127. The number of alkyl halides is 3. The van der Waals surface area contributed by atoms with Gasteiger partial charge in [-0.05, 0) is 18.9 Å². The van der Waals surface area contributed by atoms with Crippen molar-refractivity contribution in [2.75, 3.05) is 6.54 Å². The minimum atomic E-state index is 0.340. The van der Waals surface area contributed by atoms with E-state index in [1.165, 1.54) is 0 Å². The molecule has 0 aliphatic carbocycles. The van der Waals surface area contributed by atoms with Gasteiger partial charge in [-0.1, -0.05) is 74.7 Å². The Kier molecular flexibility index (Phi) is 6.09. The first kappa shape index (κ1) is 11.2. The third-order valence-corrected chi connectivity index (χ3v) is 4.35. The minimum absolute atomic E-state index is 0.340. The molecule has 0 fully saturated rings. The van der Waals surface area contributed by atoms with E-state index in [-0.39, 0.29) is 0 Å². The number of hydrogen-bond acceptors (Lipinski definition) is 1. The maximum Gasteiger partial charge on any atom is 0.127 e. The van der Waals surface area contributed by atoms with Crippen molar-refractivity contribution in [3.8, 4) is 0 Å². The lowest BCUT2D eigenvalue weighted by atomic mass is 10.1. The van der Waals surface area contributed by atoms with Gasteiger partial charge in [0.25, 0.3) is 0 Å². The molecule has 1 unspecified atom stereocenters. The van der Waals surface area contributed by atoms with Crippen LogP contribution in [0.1, 0.15) is 13.3 Å². The lowest BCUT2D eigenvalue weighted by Gasteiger charge is -2.20. The topological polar surface area (TPSA) is 26.0 Å². The summed E-state index contributed by atoms with van der Waals surface area (Å²) in [6.45, 7) is 3.04. The van der Waals surface area contributed by atoms with Gasteiger partial charge in [0, 0.05) is 0 Å². The fourth-order valence-corrected chi connectivity index (χ4v) is 1.35. The minimum Gasteiger partial charge on any atom is -0.330 e. The summed E-state index contributed by atoms with van der Waals surface area (Å²) in [5.41, 5.74) is 5.42. The van der Waals surface area contributed by atoms with Crippen molar-refractivity contribution in [2.24, 2.45) is 11.7 Å². The maximum absolute atomic E-state index is 5.42. The molecule has 1 atom stereocenters. The lowest BCUT2D eigenvalue weighted by molar-refractivity contribution is 0.597. The molecule has 9 heavy (non-hydrogen) atoms. The fourth-order valence-electron chi connectivity index (χ4n) is 0.414. The second-order valence-corrected chi connectivity index (χ2v) is 13.3. The van der Waals surface area contributed by atoms with E-state index < -0.39 is 0 Å². The van der Waals surface area contributed by atoms with Gasteiger partial charge < -0.3 is 5.73 Å². The van der Waals surface area contributed by atoms with E-state index in [0.29, 0.717) is 5.35 Å². The Balaban J connectivity index is 3.59. The molecule has 56 valence electrons. The summed E-state index contributed by atoms with van der Waals surface area (Å²) in [5.74, 6) is 0.698. The van der Waals surface area contributed by atoms with E-state index in [9.17, 15) is 0 Å². The Hall–Kier alpha value is 2.15. The van der Waals surface area contributed by atoms with Crippen LogP contribution in [0.4, 0.5) is 0 Å². The standard InChI is InChI=1S/C5H10I3N/c1-4(2-3-9)5(6,7)8/h4H,2-3,9H2,1H3. The van der Waals surface area contributed by atoms with E-state index in [2.05, 4.69) is 74.7 Å². The predicted molar refractivity (Wildman–Crippen MR) is 67.6 cm³/mol. The van der Waals surface area contributed by atoms with E-state index in [0.717, 1.165) is 13.0 Å². The second kappa shape index (κ2) is 4.91. The fraction of sp³-hybridized carbons (Fsp3) is 1.00. The lowest BCUT2D eigenvalue weighted by Crippen LogP contribution is -2.17. The first-order valence-electron chi connectivity index (χ1n) is 2.75. The van der Waals surface area contributed by atoms with Gasteiger partial charge in [-0.15, -0.1) is 0 Å². The summed E-state index contributed by atoms with van der Waals surface area (Å²) in [7, 11) is 0. The van der Waals surface area contributed by atoms with Crippen molar-refractivity contribution in [1.82, 2.24) is 0 Å². The predicted octanol–water partition coefficient (Wildman–Crippen LogP) is 2.93. The van der Waals surface area contributed by atoms with Crippen LogP contribution in [0.5, 0.6) is 0 Å². The van der Waals surface area contributed by atoms with Gasteiger partial charge in [-0.2, -0.15) is 0 Å². The average molecular weight is 465 g/mol. The van der Waals surface area contributed by atoms with Crippen LogP contribution in [0.15, 0.2) is 0 Å². The molecule has 0 amide bonds. The van der Waals surface area contributed by atoms with Gasteiger partial charge in [0.05, 0.1) is 0 Å². The maximum atomic E-state index is 5.42. The van der Waals surface area contributed by atoms with Crippen LogP contribution in [0.2, 0.25) is 0 Å². The Morgan fingerprint density at radius 3 is 2.00 bits per heavy atom. The molecule has 0 aliphatic rings. The Bertz CT molecular complexity index is 78.8. The zero-order valence-corrected chi connectivity index (χ0v) is 11.7. The molecular weight excluding hydrogens is 455 g/mol. The summed E-state index contributed by atoms with van der Waals surface area (Å²) in [4.78, 5) is 0. The van der Waals surface area contributed by atoms with Crippen LogP contribution >= 0.6 is 67.8 Å². The van der Waals surface area contributed by atoms with Crippen molar-refractivity contribution in [3.63, 3.8) is 0 Å². The van der Waals surface area contributed by atoms with E-state index in [1.807, 2.05) is 0 Å². The summed E-state index contributed by atoms with van der Waals surface area (Å²) in [6, 6.07) is 0. The molecule has 2 N–H and O–H groups in total. The highest BCUT2D eigenvalue weighted by Crippen LogP contribution is 2.43. The third-order valence-electron chi connectivity index (χ3n) is 1.16. The van der Waals surface area contributed by atoms with E-state index in [1.54, 1.807) is 0 Å². The van der Waals surface area contributed by atoms with Gasteiger partial charge in [0.15, 0.2) is 0 Å². The second-order valence-electron chi connectivity index (χ2n) is 2.02. The van der Waals surface area contributed by atoms with Gasteiger partial charge in [-0.3, -0.25) is 0 Å². The third kappa shape index (κ3) is 5.42. The zero-order chi connectivity index (χ0) is 7.49. The highest BCUT2D eigenvalue weighted by Gasteiger charge is 2.24. The summed E-state index contributed by atoms with van der Waals surface area (Å²) < 4.78 is 0.340. The van der Waals surface area contributed by atoms with E-state index in [4.69, 9.17) is 5.73 Å². The number of halogens is 3. The molecule has 0 aromatic carbocycles. The van der Waals surface area contributed by atoms with Crippen molar-refractivity contribution in [1.29, 1.82) is 0 Å². The molecule has 0 aromatic heterocycles. The molecule has 4 heteroatoms. The van der Waals surface area contributed by atoms with Gasteiger partial charge in [0.2, 0.25) is 0 Å². The van der Waals surface area contributed by atoms with Crippen LogP contribution in [0.3, 0.4) is 0 Å². The molecule has 0 aliphatic heterocycles. The molecule has 0 aromatic rings. The number of hydrogen-bond donors (Lipinski definition) is 1. The Labute approximate surface area is 97.3 Å². The van der Waals surface area contributed by atoms with Crippen LogP contribution in [-0.4, -0.2) is 5.98 Å². The molecule has 0 rings (SSSR count). The van der Waals surface area contributed by atoms with Crippen LogP contribution < -0.4 is 5.73 Å². The molecule has 0 radical (unpaired) electrons. The average Bonchev–Trinajstić information content (AvgIpc) is 1.64. The van der Waals surface area contributed by atoms with Crippen molar-refractivity contribution in [2.45, 2.75) is 12.8 Å². The first-order valence-corrected chi connectivity index (χ1v) is 5.99. The Morgan fingerprint density at radius 1 is 1.44 bits per heavy atom. The molecular formula is C5H10I3N. The van der Waals surface area contributed by atoms with Crippen molar-refractivity contribution >= 4 is 67.8 Å². The molecule has 0 saturated heterocycles. The van der Waals surface area contributed by atoms with Crippen molar-refractivity contribution in [3.05, 3.63) is 0 Å². The van der Waals surface area contributed by atoms with Crippen LogP contribution in [0, 0.1) is 5.92 Å². The summed E-state index contributed by atoms with van der Waals surface area (Å²) >= 11 is 7.33. The van der Waals surface area contributed by atoms with Gasteiger partial charge in [0.1, 0.15) is -0.565 Å². The molecule has 0 saturated carbocycles. The van der Waals surface area contributed by atoms with Crippen molar-refractivity contribution < 1.29 is 0 Å². The number of rotatable bonds is 3.